The second-order valence-corrected chi connectivity index (χ2v) is 6.64. The van der Waals surface area contributed by atoms with E-state index < -0.39 is 0 Å². The Hall–Kier alpha value is -1.92. The molecule has 4 rings (SSSR count). The van der Waals surface area contributed by atoms with Crippen molar-refractivity contribution in [2.75, 3.05) is 40.0 Å². The summed E-state index contributed by atoms with van der Waals surface area (Å²) in [5, 5.41) is 5.41. The average molecular weight is 315 g/mol. The normalized spacial score (nSPS) is 26.8. The number of carbonyl (C=O) groups excluding carboxylic acids is 1. The zero-order valence-corrected chi connectivity index (χ0v) is 13.3. The van der Waals surface area contributed by atoms with Crippen molar-refractivity contribution < 1.29 is 14.3 Å². The first-order chi connectivity index (χ1) is 11.2. The summed E-state index contributed by atoms with van der Waals surface area (Å²) in [4.78, 5) is 14.7. The zero-order valence-electron chi connectivity index (χ0n) is 13.3. The summed E-state index contributed by atoms with van der Waals surface area (Å²) in [5.41, 5.74) is 0.964. The molecule has 0 N–H and O–H groups in total. The monoisotopic (exact) mass is 315 g/mol. The zero-order chi connectivity index (χ0) is 15.9. The third-order valence-corrected chi connectivity index (χ3v) is 5.14. The van der Waals surface area contributed by atoms with Crippen LogP contribution in [0.4, 0.5) is 0 Å². The Bertz CT molecular complexity index is 729. The number of para-hydroxylation sites is 1. The summed E-state index contributed by atoms with van der Waals surface area (Å²) in [7, 11) is 1.71. The molecule has 1 aromatic heterocycles. The lowest BCUT2D eigenvalue weighted by molar-refractivity contribution is -0.131. The lowest BCUT2D eigenvalue weighted by Crippen LogP contribution is -2.38. The summed E-state index contributed by atoms with van der Waals surface area (Å²) in [6, 6.07) is 7.95. The molecule has 0 aliphatic carbocycles. The molecule has 6 nitrogen and oxygen atoms in total. The van der Waals surface area contributed by atoms with Gasteiger partial charge in [-0.25, -0.2) is 0 Å². The van der Waals surface area contributed by atoms with Crippen molar-refractivity contribution in [1.29, 1.82) is 0 Å². The van der Waals surface area contributed by atoms with Crippen LogP contribution in [0, 0.1) is 11.3 Å². The van der Waals surface area contributed by atoms with Crippen molar-refractivity contribution in [3.63, 3.8) is 0 Å². The Morgan fingerprint density at radius 2 is 2.35 bits per heavy atom. The molecule has 1 amide bonds. The number of hydrogen-bond acceptors (Lipinski definition) is 4. The van der Waals surface area contributed by atoms with Crippen LogP contribution in [0.3, 0.4) is 0 Å². The van der Waals surface area contributed by atoms with E-state index in [1.807, 2.05) is 35.4 Å². The standard InChI is InChI=1S/C17H21N3O3/c1-22-11-17-10-19(7-14(17)9-23-12-17)16(21)8-20-15-5-3-2-4-13(15)6-18-20/h2-6,14H,7-12H2,1H3/t14-,17-/m0/s1. The SMILES string of the molecule is COC[C@@]12COC[C@@H]1CN(C(=O)Cn1ncc3ccccc31)C2. The summed E-state index contributed by atoms with van der Waals surface area (Å²) in [5.74, 6) is 0.490. The van der Waals surface area contributed by atoms with Gasteiger partial charge in [-0.15, -0.1) is 0 Å². The summed E-state index contributed by atoms with van der Waals surface area (Å²) in [6.45, 7) is 3.79. The Labute approximate surface area is 135 Å². The van der Waals surface area contributed by atoms with Crippen LogP contribution in [-0.4, -0.2) is 60.6 Å². The highest BCUT2D eigenvalue weighted by Crippen LogP contribution is 2.41. The van der Waals surface area contributed by atoms with E-state index >= 15 is 0 Å². The first-order valence-electron chi connectivity index (χ1n) is 7.97. The number of amides is 1. The van der Waals surface area contributed by atoms with Crippen molar-refractivity contribution in [2.24, 2.45) is 11.3 Å². The number of likely N-dealkylation sites (tertiary alicyclic amines) is 1. The minimum absolute atomic E-state index is 0.0312. The molecule has 2 aliphatic heterocycles. The van der Waals surface area contributed by atoms with E-state index in [-0.39, 0.29) is 17.9 Å². The number of hydrogen-bond donors (Lipinski definition) is 0. The van der Waals surface area contributed by atoms with Gasteiger partial charge in [0.25, 0.3) is 0 Å². The predicted octanol–water partition coefficient (Wildman–Crippen LogP) is 1.16. The summed E-state index contributed by atoms with van der Waals surface area (Å²) in [6.07, 6.45) is 1.81. The molecule has 0 radical (unpaired) electrons. The molecule has 23 heavy (non-hydrogen) atoms. The minimum Gasteiger partial charge on any atom is -0.384 e. The third kappa shape index (κ3) is 2.42. The van der Waals surface area contributed by atoms with Gasteiger partial charge in [0.15, 0.2) is 0 Å². The third-order valence-electron chi connectivity index (χ3n) is 5.14. The molecule has 0 unspecified atom stereocenters. The van der Waals surface area contributed by atoms with Crippen LogP contribution in [0.5, 0.6) is 0 Å². The molecular weight excluding hydrogens is 294 g/mol. The maximum atomic E-state index is 12.7. The molecule has 2 atom stereocenters. The number of fused-ring (bicyclic) bond motifs is 2. The topological polar surface area (TPSA) is 56.6 Å². The van der Waals surface area contributed by atoms with Crippen molar-refractivity contribution in [2.45, 2.75) is 6.54 Å². The second-order valence-electron chi connectivity index (χ2n) is 6.64. The van der Waals surface area contributed by atoms with Crippen LogP contribution in [0.1, 0.15) is 0 Å². The van der Waals surface area contributed by atoms with E-state index in [0.717, 1.165) is 24.1 Å². The Morgan fingerprint density at radius 1 is 1.48 bits per heavy atom. The van der Waals surface area contributed by atoms with Crippen molar-refractivity contribution >= 4 is 16.8 Å². The minimum atomic E-state index is -0.0312. The summed E-state index contributed by atoms with van der Waals surface area (Å²) < 4.78 is 12.8. The van der Waals surface area contributed by atoms with Crippen LogP contribution in [-0.2, 0) is 20.8 Å². The molecular formula is C17H21N3O3. The molecule has 0 saturated carbocycles. The van der Waals surface area contributed by atoms with E-state index in [0.29, 0.717) is 25.7 Å². The number of nitrogens with zero attached hydrogens (tertiary/aromatic N) is 3. The second kappa shape index (κ2) is 5.62. The molecule has 3 heterocycles. The van der Waals surface area contributed by atoms with Crippen molar-refractivity contribution in [1.82, 2.24) is 14.7 Å². The van der Waals surface area contributed by atoms with Gasteiger partial charge in [-0.05, 0) is 6.07 Å². The first kappa shape index (κ1) is 14.7. The number of rotatable bonds is 4. The fraction of sp³-hybridized carbons (Fsp3) is 0.529. The maximum Gasteiger partial charge on any atom is 0.244 e. The number of methoxy groups -OCH3 is 1. The largest absolute Gasteiger partial charge is 0.384 e. The molecule has 0 spiro atoms. The molecule has 2 saturated heterocycles. The summed E-state index contributed by atoms with van der Waals surface area (Å²) >= 11 is 0. The van der Waals surface area contributed by atoms with Crippen LogP contribution in [0.25, 0.3) is 10.9 Å². The van der Waals surface area contributed by atoms with Crippen LogP contribution in [0.15, 0.2) is 30.5 Å². The quantitative estimate of drug-likeness (QED) is 0.849. The molecule has 2 aliphatic rings. The number of carbonyl (C=O) groups is 1. The first-order valence-corrected chi connectivity index (χ1v) is 7.97. The average Bonchev–Trinajstić information content (AvgIpc) is 3.20. The van der Waals surface area contributed by atoms with Gasteiger partial charge in [0, 0.05) is 36.9 Å². The van der Waals surface area contributed by atoms with Gasteiger partial charge < -0.3 is 14.4 Å². The highest BCUT2D eigenvalue weighted by atomic mass is 16.5. The maximum absolute atomic E-state index is 12.7. The fourth-order valence-corrected chi connectivity index (χ4v) is 3.89. The van der Waals surface area contributed by atoms with E-state index in [9.17, 15) is 4.79 Å². The van der Waals surface area contributed by atoms with Gasteiger partial charge in [0.1, 0.15) is 6.54 Å². The van der Waals surface area contributed by atoms with Crippen LogP contribution < -0.4 is 0 Å². The van der Waals surface area contributed by atoms with Crippen molar-refractivity contribution in [3.8, 4) is 0 Å². The van der Waals surface area contributed by atoms with Gasteiger partial charge in [-0.1, -0.05) is 18.2 Å². The van der Waals surface area contributed by atoms with E-state index in [1.165, 1.54) is 0 Å². The van der Waals surface area contributed by atoms with Gasteiger partial charge in [0.2, 0.25) is 5.91 Å². The van der Waals surface area contributed by atoms with E-state index in [2.05, 4.69) is 5.10 Å². The highest BCUT2D eigenvalue weighted by Gasteiger charge is 2.51. The Kier molecular flexibility index (Phi) is 3.58. The smallest absolute Gasteiger partial charge is 0.244 e. The van der Waals surface area contributed by atoms with E-state index in [1.54, 1.807) is 11.8 Å². The van der Waals surface area contributed by atoms with Crippen LogP contribution >= 0.6 is 0 Å². The van der Waals surface area contributed by atoms with Crippen molar-refractivity contribution in [3.05, 3.63) is 30.5 Å². The van der Waals surface area contributed by atoms with Gasteiger partial charge in [-0.3, -0.25) is 9.48 Å². The number of ether oxygens (including phenoxy) is 2. The van der Waals surface area contributed by atoms with Gasteiger partial charge in [-0.2, -0.15) is 5.10 Å². The predicted molar refractivity (Wildman–Crippen MR) is 84.9 cm³/mol. The lowest BCUT2D eigenvalue weighted by atomic mass is 9.82. The van der Waals surface area contributed by atoms with E-state index in [4.69, 9.17) is 9.47 Å². The molecule has 6 heteroatoms. The molecule has 2 fully saturated rings. The van der Waals surface area contributed by atoms with Crippen LogP contribution in [0.2, 0.25) is 0 Å². The molecule has 0 bridgehead atoms. The van der Waals surface area contributed by atoms with Gasteiger partial charge >= 0.3 is 0 Å². The highest BCUT2D eigenvalue weighted by molar-refractivity contribution is 5.82. The number of aromatic nitrogens is 2. The molecule has 2 aromatic rings. The van der Waals surface area contributed by atoms with Gasteiger partial charge in [0.05, 0.1) is 31.5 Å². The lowest BCUT2D eigenvalue weighted by Gasteiger charge is -2.26. The molecule has 122 valence electrons. The fourth-order valence-electron chi connectivity index (χ4n) is 3.89. The molecule has 1 aromatic carbocycles. The number of benzene rings is 1. The Balaban J connectivity index is 1.50. The Morgan fingerprint density at radius 3 is 3.22 bits per heavy atom.